The van der Waals surface area contributed by atoms with Gasteiger partial charge in [0.15, 0.2) is 16.8 Å². The zero-order chi connectivity index (χ0) is 14.0. The lowest BCUT2D eigenvalue weighted by atomic mass is 10.1. The minimum absolute atomic E-state index is 0.0876. The van der Waals surface area contributed by atoms with Gasteiger partial charge in [0, 0.05) is 17.4 Å². The Labute approximate surface area is 114 Å². The first-order valence-electron chi connectivity index (χ1n) is 6.08. The SMILES string of the molecule is CC(C)CC1CN=C(Nc2cc(F)c(F)cc2F)S1. The van der Waals surface area contributed by atoms with Crippen LogP contribution in [0.5, 0.6) is 0 Å². The van der Waals surface area contributed by atoms with Gasteiger partial charge in [-0.05, 0) is 12.3 Å². The lowest BCUT2D eigenvalue weighted by Gasteiger charge is -2.11. The highest BCUT2D eigenvalue weighted by Crippen LogP contribution is 2.28. The fraction of sp³-hybridized carbons (Fsp3) is 0.462. The van der Waals surface area contributed by atoms with Crippen molar-refractivity contribution in [3.05, 3.63) is 29.6 Å². The van der Waals surface area contributed by atoms with E-state index in [4.69, 9.17) is 0 Å². The summed E-state index contributed by atoms with van der Waals surface area (Å²) in [6.07, 6.45) is 1.01. The van der Waals surface area contributed by atoms with Crippen LogP contribution in [0, 0.1) is 23.4 Å². The number of hydrogen-bond acceptors (Lipinski definition) is 3. The minimum Gasteiger partial charge on any atom is -0.332 e. The normalized spacial score (nSPS) is 18.8. The zero-order valence-electron chi connectivity index (χ0n) is 10.7. The summed E-state index contributed by atoms with van der Waals surface area (Å²) >= 11 is 1.51. The van der Waals surface area contributed by atoms with Crippen LogP contribution in [0.4, 0.5) is 18.9 Å². The standard InChI is InChI=1S/C13H15F3N2S/c1-7(2)3-8-6-17-13(19-8)18-12-5-10(15)9(14)4-11(12)16/h4-5,7-8H,3,6H2,1-2H3,(H,17,18). The van der Waals surface area contributed by atoms with E-state index in [2.05, 4.69) is 24.2 Å². The van der Waals surface area contributed by atoms with Crippen LogP contribution >= 0.6 is 11.8 Å². The Morgan fingerprint density at radius 2 is 1.95 bits per heavy atom. The molecule has 2 nitrogen and oxygen atoms in total. The molecule has 1 aromatic rings. The summed E-state index contributed by atoms with van der Waals surface area (Å²) in [5, 5.41) is 3.62. The molecule has 0 aliphatic carbocycles. The van der Waals surface area contributed by atoms with Crippen LogP contribution in [-0.2, 0) is 0 Å². The van der Waals surface area contributed by atoms with E-state index in [-0.39, 0.29) is 5.69 Å². The van der Waals surface area contributed by atoms with Gasteiger partial charge in [-0.15, -0.1) is 0 Å². The molecule has 1 heterocycles. The number of anilines is 1. The summed E-state index contributed by atoms with van der Waals surface area (Å²) in [5.41, 5.74) is -0.0876. The molecule has 1 N–H and O–H groups in total. The Hall–Kier alpha value is -1.17. The van der Waals surface area contributed by atoms with Crippen molar-refractivity contribution in [2.24, 2.45) is 10.9 Å². The summed E-state index contributed by atoms with van der Waals surface area (Å²) < 4.78 is 39.3. The van der Waals surface area contributed by atoms with E-state index in [1.807, 2.05) is 0 Å². The highest BCUT2D eigenvalue weighted by Gasteiger charge is 2.21. The number of thioether (sulfide) groups is 1. The lowest BCUT2D eigenvalue weighted by molar-refractivity contribution is 0.496. The van der Waals surface area contributed by atoms with Crippen LogP contribution in [0.1, 0.15) is 20.3 Å². The molecule has 0 amide bonds. The molecule has 19 heavy (non-hydrogen) atoms. The van der Waals surface area contributed by atoms with Crippen LogP contribution in [0.15, 0.2) is 17.1 Å². The molecule has 0 saturated carbocycles. The van der Waals surface area contributed by atoms with Crippen molar-refractivity contribution in [1.82, 2.24) is 0 Å². The highest BCUT2D eigenvalue weighted by molar-refractivity contribution is 8.15. The average Bonchev–Trinajstić information content (AvgIpc) is 2.72. The predicted octanol–water partition coefficient (Wildman–Crippen LogP) is 4.03. The monoisotopic (exact) mass is 288 g/mol. The number of hydrogen-bond donors (Lipinski definition) is 1. The second-order valence-corrected chi connectivity index (χ2v) is 6.18. The molecule has 1 aliphatic rings. The molecule has 0 radical (unpaired) electrons. The van der Waals surface area contributed by atoms with Crippen molar-refractivity contribution in [3.8, 4) is 0 Å². The molecule has 0 bridgehead atoms. The van der Waals surface area contributed by atoms with E-state index in [1.54, 1.807) is 0 Å². The molecular weight excluding hydrogens is 273 g/mol. The molecule has 0 saturated heterocycles. The van der Waals surface area contributed by atoms with E-state index in [9.17, 15) is 13.2 Å². The van der Waals surface area contributed by atoms with Crippen molar-refractivity contribution in [2.45, 2.75) is 25.5 Å². The lowest BCUT2D eigenvalue weighted by Crippen LogP contribution is -2.11. The van der Waals surface area contributed by atoms with Gasteiger partial charge < -0.3 is 5.32 Å². The highest BCUT2D eigenvalue weighted by atomic mass is 32.2. The van der Waals surface area contributed by atoms with Crippen molar-refractivity contribution >= 4 is 22.6 Å². The van der Waals surface area contributed by atoms with Crippen molar-refractivity contribution in [3.63, 3.8) is 0 Å². The third-order valence-corrected chi connectivity index (χ3v) is 3.83. The van der Waals surface area contributed by atoms with Gasteiger partial charge in [0.25, 0.3) is 0 Å². The number of amidine groups is 1. The molecule has 1 aliphatic heterocycles. The Morgan fingerprint density at radius 3 is 2.63 bits per heavy atom. The van der Waals surface area contributed by atoms with E-state index in [1.165, 1.54) is 11.8 Å². The summed E-state index contributed by atoms with van der Waals surface area (Å²) in [5.74, 6) is -2.53. The van der Waals surface area contributed by atoms with Gasteiger partial charge in [0.05, 0.1) is 12.2 Å². The van der Waals surface area contributed by atoms with Crippen molar-refractivity contribution in [1.29, 1.82) is 0 Å². The number of nitrogens with zero attached hydrogens (tertiary/aromatic N) is 1. The predicted molar refractivity (Wildman–Crippen MR) is 73.1 cm³/mol. The summed E-state index contributed by atoms with van der Waals surface area (Å²) in [7, 11) is 0. The molecule has 2 rings (SSSR count). The Bertz CT molecular complexity index is 503. The van der Waals surface area contributed by atoms with Gasteiger partial charge in [-0.1, -0.05) is 25.6 Å². The number of aliphatic imine (C=N–C) groups is 1. The van der Waals surface area contributed by atoms with Crippen LogP contribution in [0.3, 0.4) is 0 Å². The van der Waals surface area contributed by atoms with E-state index < -0.39 is 17.5 Å². The smallest absolute Gasteiger partial charge is 0.161 e. The fourth-order valence-corrected chi connectivity index (χ4v) is 3.13. The number of rotatable bonds is 3. The van der Waals surface area contributed by atoms with Crippen LogP contribution in [0.2, 0.25) is 0 Å². The summed E-state index contributed by atoms with van der Waals surface area (Å²) in [6.45, 7) is 4.92. The second-order valence-electron chi connectivity index (χ2n) is 4.89. The van der Waals surface area contributed by atoms with Crippen molar-refractivity contribution < 1.29 is 13.2 Å². The number of halogens is 3. The molecule has 0 fully saturated rings. The van der Waals surface area contributed by atoms with Gasteiger partial charge in [0.2, 0.25) is 0 Å². The van der Waals surface area contributed by atoms with E-state index in [0.29, 0.717) is 28.9 Å². The van der Waals surface area contributed by atoms with Gasteiger partial charge in [-0.25, -0.2) is 13.2 Å². The quantitative estimate of drug-likeness (QED) is 0.849. The van der Waals surface area contributed by atoms with E-state index in [0.717, 1.165) is 12.5 Å². The molecular formula is C13H15F3N2S. The van der Waals surface area contributed by atoms with Crippen molar-refractivity contribution in [2.75, 3.05) is 11.9 Å². The Balaban J connectivity index is 2.01. The van der Waals surface area contributed by atoms with Crippen LogP contribution < -0.4 is 5.32 Å². The zero-order valence-corrected chi connectivity index (χ0v) is 11.5. The summed E-state index contributed by atoms with van der Waals surface area (Å²) in [4.78, 5) is 4.24. The molecule has 104 valence electrons. The molecule has 1 atom stereocenters. The maximum absolute atomic E-state index is 13.5. The minimum atomic E-state index is -1.19. The molecule has 0 aromatic heterocycles. The first-order chi connectivity index (χ1) is 8.95. The third-order valence-electron chi connectivity index (χ3n) is 2.70. The van der Waals surface area contributed by atoms with Gasteiger partial charge in [-0.2, -0.15) is 0 Å². The number of nitrogens with one attached hydrogen (secondary N) is 1. The first-order valence-corrected chi connectivity index (χ1v) is 6.96. The first kappa shape index (κ1) is 14.2. The van der Waals surface area contributed by atoms with Gasteiger partial charge in [-0.3, -0.25) is 4.99 Å². The molecule has 1 unspecified atom stereocenters. The third kappa shape index (κ3) is 3.65. The van der Waals surface area contributed by atoms with E-state index >= 15 is 0 Å². The second kappa shape index (κ2) is 5.86. The molecule has 0 spiro atoms. The Kier molecular flexibility index (Phi) is 4.39. The fourth-order valence-electron chi connectivity index (χ4n) is 1.87. The topological polar surface area (TPSA) is 24.4 Å². The van der Waals surface area contributed by atoms with Crippen LogP contribution in [-0.4, -0.2) is 17.0 Å². The van der Waals surface area contributed by atoms with Gasteiger partial charge >= 0.3 is 0 Å². The maximum atomic E-state index is 13.5. The Morgan fingerprint density at radius 1 is 1.26 bits per heavy atom. The van der Waals surface area contributed by atoms with Crippen LogP contribution in [0.25, 0.3) is 0 Å². The molecule has 6 heteroatoms. The maximum Gasteiger partial charge on any atom is 0.161 e. The number of benzene rings is 1. The molecule has 1 aromatic carbocycles. The largest absolute Gasteiger partial charge is 0.332 e. The summed E-state index contributed by atoms with van der Waals surface area (Å²) in [6, 6.07) is 1.34. The van der Waals surface area contributed by atoms with Gasteiger partial charge in [0.1, 0.15) is 5.82 Å². The average molecular weight is 288 g/mol.